The summed E-state index contributed by atoms with van der Waals surface area (Å²) >= 11 is 0. The van der Waals surface area contributed by atoms with Crippen molar-refractivity contribution in [1.82, 2.24) is 9.97 Å². The third-order valence-corrected chi connectivity index (χ3v) is 2.41. The molecule has 0 radical (unpaired) electrons. The molecule has 0 saturated carbocycles. The Hall–Kier alpha value is -1.60. The predicted octanol–water partition coefficient (Wildman–Crippen LogP) is 0.00280. The monoisotopic (exact) mass is 256 g/mol. The van der Waals surface area contributed by atoms with E-state index in [4.69, 9.17) is 10.5 Å². The van der Waals surface area contributed by atoms with Gasteiger partial charge in [0, 0.05) is 0 Å². The first-order valence-corrected chi connectivity index (χ1v) is 5.79. The molecule has 0 saturated heterocycles. The Morgan fingerprint density at radius 2 is 2.06 bits per heavy atom. The molecule has 0 atom stereocenters. The Kier molecular flexibility index (Phi) is 5.11. The lowest BCUT2D eigenvalue weighted by Crippen LogP contribution is -2.43. The van der Waals surface area contributed by atoms with Crippen molar-refractivity contribution in [3.8, 4) is 5.88 Å². The van der Waals surface area contributed by atoms with Gasteiger partial charge in [0.05, 0.1) is 25.4 Å². The van der Waals surface area contributed by atoms with Crippen LogP contribution < -0.4 is 15.8 Å². The minimum Gasteiger partial charge on any atom is -0.476 e. The van der Waals surface area contributed by atoms with E-state index < -0.39 is 5.54 Å². The Labute approximate surface area is 106 Å². The lowest BCUT2D eigenvalue weighted by atomic mass is 10.1. The van der Waals surface area contributed by atoms with Crippen molar-refractivity contribution in [2.45, 2.75) is 25.8 Å². The topological polar surface area (TPSA) is 114 Å². The van der Waals surface area contributed by atoms with E-state index in [2.05, 4.69) is 15.3 Å². The SMILES string of the molecule is CCCOc1ncnc(NC(C)(CO)CO)c1N. The van der Waals surface area contributed by atoms with Crippen molar-refractivity contribution < 1.29 is 14.9 Å². The summed E-state index contributed by atoms with van der Waals surface area (Å²) < 4.78 is 5.37. The van der Waals surface area contributed by atoms with Crippen LogP contribution in [0, 0.1) is 0 Å². The maximum absolute atomic E-state index is 9.21. The van der Waals surface area contributed by atoms with Gasteiger partial charge in [0.2, 0.25) is 5.88 Å². The summed E-state index contributed by atoms with van der Waals surface area (Å²) in [6.07, 6.45) is 2.16. The average molecular weight is 256 g/mol. The van der Waals surface area contributed by atoms with Crippen molar-refractivity contribution >= 4 is 11.5 Å². The van der Waals surface area contributed by atoms with E-state index in [1.807, 2.05) is 6.92 Å². The molecule has 0 aliphatic heterocycles. The van der Waals surface area contributed by atoms with Gasteiger partial charge in [-0.2, -0.15) is 4.98 Å². The van der Waals surface area contributed by atoms with Crippen LogP contribution in [0.3, 0.4) is 0 Å². The van der Waals surface area contributed by atoms with E-state index in [0.717, 1.165) is 6.42 Å². The molecule has 18 heavy (non-hydrogen) atoms. The normalized spacial score (nSPS) is 11.3. The van der Waals surface area contributed by atoms with Crippen LogP contribution in [0.2, 0.25) is 0 Å². The molecule has 1 rings (SSSR count). The van der Waals surface area contributed by atoms with Gasteiger partial charge in [-0.15, -0.1) is 0 Å². The first-order chi connectivity index (χ1) is 8.56. The first kappa shape index (κ1) is 14.5. The standard InChI is InChI=1S/C11H20N4O3/c1-3-4-18-10-8(12)9(13-7-14-10)15-11(2,5-16)6-17/h7,16-17H,3-6,12H2,1-2H3,(H,13,14,15). The van der Waals surface area contributed by atoms with Gasteiger partial charge in [-0.25, -0.2) is 4.98 Å². The van der Waals surface area contributed by atoms with E-state index in [-0.39, 0.29) is 18.9 Å². The summed E-state index contributed by atoms with van der Waals surface area (Å²) in [4.78, 5) is 7.91. The summed E-state index contributed by atoms with van der Waals surface area (Å²) in [5.74, 6) is 0.634. The molecule has 0 unspecified atom stereocenters. The van der Waals surface area contributed by atoms with Crippen LogP contribution >= 0.6 is 0 Å². The van der Waals surface area contributed by atoms with Gasteiger partial charge in [0.25, 0.3) is 0 Å². The molecule has 5 N–H and O–H groups in total. The number of aliphatic hydroxyl groups excluding tert-OH is 2. The van der Waals surface area contributed by atoms with Crippen molar-refractivity contribution in [3.63, 3.8) is 0 Å². The summed E-state index contributed by atoms with van der Waals surface area (Å²) in [6, 6.07) is 0. The van der Waals surface area contributed by atoms with E-state index in [1.165, 1.54) is 6.33 Å². The number of hydrogen-bond acceptors (Lipinski definition) is 7. The van der Waals surface area contributed by atoms with Crippen LogP contribution in [0.5, 0.6) is 5.88 Å². The number of nitrogen functional groups attached to an aromatic ring is 1. The van der Waals surface area contributed by atoms with Crippen LogP contribution in [0.4, 0.5) is 11.5 Å². The van der Waals surface area contributed by atoms with Crippen LogP contribution in [-0.2, 0) is 0 Å². The molecular weight excluding hydrogens is 236 g/mol. The summed E-state index contributed by atoms with van der Waals surface area (Å²) in [7, 11) is 0. The number of nitrogens with two attached hydrogens (primary N) is 1. The number of nitrogens with zero attached hydrogens (tertiary/aromatic N) is 2. The van der Waals surface area contributed by atoms with Crippen molar-refractivity contribution in [2.75, 3.05) is 30.9 Å². The molecule has 0 aliphatic carbocycles. The zero-order valence-electron chi connectivity index (χ0n) is 10.7. The molecule has 1 aromatic heterocycles. The minimum absolute atomic E-state index is 0.252. The molecular formula is C11H20N4O3. The van der Waals surface area contributed by atoms with E-state index >= 15 is 0 Å². The van der Waals surface area contributed by atoms with E-state index in [0.29, 0.717) is 18.3 Å². The molecule has 0 aromatic carbocycles. The van der Waals surface area contributed by atoms with Gasteiger partial charge in [-0.05, 0) is 13.3 Å². The minimum atomic E-state index is -0.898. The van der Waals surface area contributed by atoms with Gasteiger partial charge >= 0.3 is 0 Å². The highest BCUT2D eigenvalue weighted by atomic mass is 16.5. The number of aliphatic hydroxyl groups is 2. The lowest BCUT2D eigenvalue weighted by Gasteiger charge is -2.27. The van der Waals surface area contributed by atoms with Crippen molar-refractivity contribution in [2.24, 2.45) is 0 Å². The summed E-state index contributed by atoms with van der Waals surface area (Å²) in [5.41, 5.74) is 5.23. The molecule has 1 heterocycles. The fourth-order valence-electron chi connectivity index (χ4n) is 1.21. The van der Waals surface area contributed by atoms with Crippen molar-refractivity contribution in [1.29, 1.82) is 0 Å². The zero-order chi connectivity index (χ0) is 13.6. The third kappa shape index (κ3) is 3.44. The van der Waals surface area contributed by atoms with Crippen LogP contribution in [-0.4, -0.2) is 45.5 Å². The zero-order valence-corrected chi connectivity index (χ0v) is 10.7. The Bertz CT molecular complexity index is 383. The highest BCUT2D eigenvalue weighted by Crippen LogP contribution is 2.26. The highest BCUT2D eigenvalue weighted by molar-refractivity contribution is 5.67. The van der Waals surface area contributed by atoms with Gasteiger partial charge in [0.1, 0.15) is 12.0 Å². The van der Waals surface area contributed by atoms with Crippen LogP contribution in [0.1, 0.15) is 20.3 Å². The highest BCUT2D eigenvalue weighted by Gasteiger charge is 2.24. The molecule has 0 aliphatic rings. The quantitative estimate of drug-likeness (QED) is 0.543. The number of hydrogen-bond donors (Lipinski definition) is 4. The second-order valence-corrected chi connectivity index (χ2v) is 4.29. The first-order valence-electron chi connectivity index (χ1n) is 5.79. The number of aromatic nitrogens is 2. The molecule has 0 bridgehead atoms. The molecule has 0 fully saturated rings. The average Bonchev–Trinajstić information content (AvgIpc) is 2.39. The molecule has 7 heteroatoms. The van der Waals surface area contributed by atoms with E-state index in [9.17, 15) is 10.2 Å². The smallest absolute Gasteiger partial charge is 0.242 e. The third-order valence-electron chi connectivity index (χ3n) is 2.41. The van der Waals surface area contributed by atoms with Gasteiger partial charge < -0.3 is 26.0 Å². The van der Waals surface area contributed by atoms with Gasteiger partial charge in [0.15, 0.2) is 5.82 Å². The van der Waals surface area contributed by atoms with Gasteiger partial charge in [-0.3, -0.25) is 0 Å². The maximum Gasteiger partial charge on any atom is 0.242 e. The summed E-state index contributed by atoms with van der Waals surface area (Å²) in [5, 5.41) is 21.3. The maximum atomic E-state index is 9.21. The number of rotatable bonds is 7. The molecule has 0 amide bonds. The largest absolute Gasteiger partial charge is 0.476 e. The number of nitrogens with one attached hydrogen (secondary N) is 1. The van der Waals surface area contributed by atoms with E-state index in [1.54, 1.807) is 6.92 Å². The number of ether oxygens (including phenoxy) is 1. The Morgan fingerprint density at radius 3 is 2.61 bits per heavy atom. The molecule has 0 spiro atoms. The summed E-state index contributed by atoms with van der Waals surface area (Å²) in [6.45, 7) is 3.64. The second kappa shape index (κ2) is 6.36. The molecule has 102 valence electrons. The Morgan fingerprint density at radius 1 is 1.39 bits per heavy atom. The second-order valence-electron chi connectivity index (χ2n) is 4.29. The molecule has 1 aromatic rings. The fourth-order valence-corrected chi connectivity index (χ4v) is 1.21. The predicted molar refractivity (Wildman–Crippen MR) is 68.4 cm³/mol. The van der Waals surface area contributed by atoms with Crippen LogP contribution in [0.25, 0.3) is 0 Å². The van der Waals surface area contributed by atoms with Crippen molar-refractivity contribution in [3.05, 3.63) is 6.33 Å². The molecule has 7 nitrogen and oxygen atoms in total. The van der Waals surface area contributed by atoms with Gasteiger partial charge in [-0.1, -0.05) is 6.92 Å². The lowest BCUT2D eigenvalue weighted by molar-refractivity contribution is 0.147. The van der Waals surface area contributed by atoms with Crippen LogP contribution in [0.15, 0.2) is 6.33 Å². The fraction of sp³-hybridized carbons (Fsp3) is 0.636. The number of anilines is 2. The Balaban J connectivity index is 2.89.